The van der Waals surface area contributed by atoms with E-state index in [1.807, 2.05) is 0 Å². The molecule has 2 nitrogen and oxygen atoms in total. The van der Waals surface area contributed by atoms with E-state index in [1.165, 1.54) is 0 Å². The first-order valence-corrected chi connectivity index (χ1v) is 7.71. The largest absolute Gasteiger partial charge is 0.160 e. The Morgan fingerprint density at radius 1 is 0.625 bits per heavy atom. The zero-order chi connectivity index (χ0) is 12.0. The summed E-state index contributed by atoms with van der Waals surface area (Å²) in [6.07, 6.45) is 0. The van der Waals surface area contributed by atoms with Gasteiger partial charge < -0.3 is 0 Å². The van der Waals surface area contributed by atoms with Crippen LogP contribution in [0.5, 0.6) is 0 Å². The number of rotatable bonds is 0. The molecule has 0 fully saturated rings. The van der Waals surface area contributed by atoms with Gasteiger partial charge in [0.15, 0.2) is 10.3 Å². The number of hydrogen-bond donors (Lipinski definition) is 0. The highest BCUT2D eigenvalue weighted by Crippen LogP contribution is 2.46. The van der Waals surface area contributed by atoms with Crippen molar-refractivity contribution >= 4 is 97.7 Å². The van der Waals surface area contributed by atoms with Crippen molar-refractivity contribution < 1.29 is 0 Å². The highest BCUT2D eigenvalue weighted by molar-refractivity contribution is 9.15. The van der Waals surface area contributed by atoms with Crippen molar-refractivity contribution in [1.82, 2.24) is 10.2 Å². The Morgan fingerprint density at radius 2 is 0.938 bits per heavy atom. The monoisotopic (exact) mass is 510 g/mol. The molecule has 8 heteroatoms. The maximum Gasteiger partial charge on any atom is 0.160 e. The van der Waals surface area contributed by atoms with Gasteiger partial charge in [-0.2, -0.15) is 0 Å². The molecule has 0 saturated heterocycles. The molecule has 0 spiro atoms. The maximum atomic E-state index is 6.01. The second kappa shape index (κ2) is 4.97. The molecule has 0 amide bonds. The van der Waals surface area contributed by atoms with Crippen LogP contribution in [0.15, 0.2) is 17.9 Å². The number of hydrogen-bond acceptors (Lipinski definition) is 2. The Hall–Kier alpha value is 1.06. The lowest BCUT2D eigenvalue weighted by molar-refractivity contribution is 1.05. The molecule has 0 aliphatic heterocycles. The summed E-state index contributed by atoms with van der Waals surface area (Å²) < 4.78 is 3.22. The van der Waals surface area contributed by atoms with E-state index in [4.69, 9.17) is 23.2 Å². The standard InChI is InChI=1S/C8Br4Cl2N2/c9-3-1-2(4(10)6(12)5(3)11)8(14)16-15-7(1)13. The van der Waals surface area contributed by atoms with Crippen molar-refractivity contribution in [3.63, 3.8) is 0 Å². The van der Waals surface area contributed by atoms with E-state index in [2.05, 4.69) is 73.9 Å². The summed E-state index contributed by atoms with van der Waals surface area (Å²) in [4.78, 5) is 0. The molecular weight excluding hydrogens is 515 g/mol. The van der Waals surface area contributed by atoms with Crippen LogP contribution in [0.25, 0.3) is 10.8 Å². The molecule has 84 valence electrons. The maximum absolute atomic E-state index is 6.01. The van der Waals surface area contributed by atoms with E-state index < -0.39 is 0 Å². The lowest BCUT2D eigenvalue weighted by Gasteiger charge is -2.10. The predicted molar refractivity (Wildman–Crippen MR) is 80.4 cm³/mol. The molecule has 1 heterocycles. The van der Waals surface area contributed by atoms with E-state index in [0.29, 0.717) is 21.1 Å². The molecule has 0 atom stereocenters. The van der Waals surface area contributed by atoms with Gasteiger partial charge in [0.1, 0.15) is 0 Å². The average molecular weight is 515 g/mol. The van der Waals surface area contributed by atoms with Crippen LogP contribution in [0, 0.1) is 0 Å². The second-order valence-corrected chi connectivity index (χ2v) is 6.68. The normalized spacial score (nSPS) is 11.1. The zero-order valence-corrected chi connectivity index (χ0v) is 15.0. The Balaban J connectivity index is 3.14. The molecule has 0 aliphatic rings. The fraction of sp³-hybridized carbons (Fsp3) is 0. The van der Waals surface area contributed by atoms with E-state index in [0.717, 1.165) is 17.9 Å². The van der Waals surface area contributed by atoms with Gasteiger partial charge in [-0.15, -0.1) is 10.2 Å². The van der Waals surface area contributed by atoms with Gasteiger partial charge in [-0.1, -0.05) is 23.2 Å². The van der Waals surface area contributed by atoms with Crippen LogP contribution >= 0.6 is 86.9 Å². The molecule has 2 aromatic rings. The topological polar surface area (TPSA) is 25.8 Å². The quantitative estimate of drug-likeness (QED) is 0.319. The summed E-state index contributed by atoms with van der Waals surface area (Å²) in [6.45, 7) is 0. The van der Waals surface area contributed by atoms with Gasteiger partial charge in [-0.25, -0.2) is 0 Å². The Morgan fingerprint density at radius 3 is 1.25 bits per heavy atom. The smallest absolute Gasteiger partial charge is 0.136 e. The van der Waals surface area contributed by atoms with Gasteiger partial charge in [-0.05, 0) is 63.7 Å². The lowest BCUT2D eigenvalue weighted by atomic mass is 10.2. The summed E-state index contributed by atoms with van der Waals surface area (Å²) in [6, 6.07) is 0. The molecule has 1 aromatic carbocycles. The van der Waals surface area contributed by atoms with Crippen molar-refractivity contribution in [3.8, 4) is 0 Å². The van der Waals surface area contributed by atoms with E-state index in [-0.39, 0.29) is 0 Å². The fourth-order valence-corrected chi connectivity index (χ4v) is 4.38. The Kier molecular flexibility index (Phi) is 4.19. The van der Waals surface area contributed by atoms with Gasteiger partial charge >= 0.3 is 0 Å². The van der Waals surface area contributed by atoms with Crippen LogP contribution in [0.1, 0.15) is 0 Å². The van der Waals surface area contributed by atoms with Gasteiger partial charge in [0.05, 0.1) is 0 Å². The summed E-state index contributed by atoms with van der Waals surface area (Å²) in [5, 5.41) is 9.56. The van der Waals surface area contributed by atoms with Gasteiger partial charge in [-0.3, -0.25) is 0 Å². The van der Waals surface area contributed by atoms with Crippen molar-refractivity contribution in [2.24, 2.45) is 0 Å². The van der Waals surface area contributed by atoms with E-state index >= 15 is 0 Å². The minimum Gasteiger partial charge on any atom is -0.136 e. The summed E-state index contributed by atoms with van der Waals surface area (Å²) in [5.74, 6) is 0. The van der Waals surface area contributed by atoms with Crippen molar-refractivity contribution in [3.05, 3.63) is 28.2 Å². The highest BCUT2D eigenvalue weighted by Gasteiger charge is 2.19. The number of nitrogens with zero attached hydrogens (tertiary/aromatic N) is 2. The fourth-order valence-electron chi connectivity index (χ4n) is 1.21. The van der Waals surface area contributed by atoms with Crippen molar-refractivity contribution in [2.75, 3.05) is 0 Å². The van der Waals surface area contributed by atoms with E-state index in [1.54, 1.807) is 0 Å². The third-order valence-electron chi connectivity index (χ3n) is 1.91. The molecule has 0 bridgehead atoms. The third kappa shape index (κ3) is 2.06. The lowest BCUT2D eigenvalue weighted by Crippen LogP contribution is -1.91. The molecule has 0 aliphatic carbocycles. The van der Waals surface area contributed by atoms with E-state index in [9.17, 15) is 0 Å². The molecular formula is C8Br4Cl2N2. The third-order valence-corrected chi connectivity index (χ3v) is 7.20. The second-order valence-electron chi connectivity index (χ2n) is 2.79. The molecule has 1 aromatic heterocycles. The van der Waals surface area contributed by atoms with Crippen molar-refractivity contribution in [1.29, 1.82) is 0 Å². The summed E-state index contributed by atoms with van der Waals surface area (Å²) >= 11 is 25.8. The minimum absolute atomic E-state index is 0.292. The number of halogens is 6. The van der Waals surface area contributed by atoms with Crippen LogP contribution in [0.3, 0.4) is 0 Å². The Bertz CT molecular complexity index is 550. The van der Waals surface area contributed by atoms with Crippen LogP contribution in [-0.4, -0.2) is 10.2 Å². The molecule has 0 radical (unpaired) electrons. The highest BCUT2D eigenvalue weighted by atomic mass is 79.9. The Labute approximate surface area is 135 Å². The molecule has 0 unspecified atom stereocenters. The van der Waals surface area contributed by atoms with Gasteiger partial charge in [0, 0.05) is 28.7 Å². The van der Waals surface area contributed by atoms with Crippen molar-refractivity contribution in [2.45, 2.75) is 0 Å². The number of fused-ring (bicyclic) bond motifs is 1. The van der Waals surface area contributed by atoms with Crippen LogP contribution in [-0.2, 0) is 0 Å². The first-order chi connectivity index (χ1) is 7.45. The van der Waals surface area contributed by atoms with Crippen LogP contribution < -0.4 is 0 Å². The molecule has 0 saturated carbocycles. The summed E-state index contributed by atoms with van der Waals surface area (Å²) in [5.41, 5.74) is 0. The SMILES string of the molecule is Clc1nnc(Cl)c2c(Br)c(Br)c(Br)c(Br)c12. The average Bonchev–Trinajstić information content (AvgIpc) is 2.26. The van der Waals surface area contributed by atoms with Crippen LogP contribution in [0.4, 0.5) is 0 Å². The number of benzene rings is 1. The predicted octanol–water partition coefficient (Wildman–Crippen LogP) is 5.99. The molecule has 0 N–H and O–H groups in total. The first-order valence-electron chi connectivity index (χ1n) is 3.78. The molecule has 16 heavy (non-hydrogen) atoms. The molecule has 2 rings (SSSR count). The first kappa shape index (κ1) is 13.5. The van der Waals surface area contributed by atoms with Gasteiger partial charge in [0.2, 0.25) is 0 Å². The minimum atomic E-state index is 0.292. The summed E-state index contributed by atoms with van der Waals surface area (Å²) in [7, 11) is 0. The number of aromatic nitrogens is 2. The zero-order valence-electron chi connectivity index (χ0n) is 7.16. The van der Waals surface area contributed by atoms with Gasteiger partial charge in [0.25, 0.3) is 0 Å². The van der Waals surface area contributed by atoms with Crippen LogP contribution in [0.2, 0.25) is 10.3 Å².